The van der Waals surface area contributed by atoms with Gasteiger partial charge in [0.05, 0.1) is 21.4 Å². The van der Waals surface area contributed by atoms with Crippen molar-refractivity contribution in [3.8, 4) is 0 Å². The van der Waals surface area contributed by atoms with E-state index in [-0.39, 0.29) is 15.1 Å². The van der Waals surface area contributed by atoms with E-state index in [1.54, 1.807) is 60.0 Å². The fourth-order valence-corrected chi connectivity index (χ4v) is 5.01. The van der Waals surface area contributed by atoms with Gasteiger partial charge in [-0.25, -0.2) is 8.42 Å². The predicted molar refractivity (Wildman–Crippen MR) is 111 cm³/mol. The number of halogens is 2. The Morgan fingerprint density at radius 1 is 1.04 bits per heavy atom. The lowest BCUT2D eigenvalue weighted by Gasteiger charge is -2.18. The van der Waals surface area contributed by atoms with E-state index in [4.69, 9.17) is 23.2 Å². The quantitative estimate of drug-likeness (QED) is 0.597. The molecule has 0 saturated heterocycles. The first-order valence-electron chi connectivity index (χ1n) is 7.68. The molecular formula is C18H14Cl2N2O3S2. The van der Waals surface area contributed by atoms with Crippen LogP contribution < -0.4 is 9.62 Å². The lowest BCUT2D eigenvalue weighted by atomic mass is 10.2. The summed E-state index contributed by atoms with van der Waals surface area (Å²) < 4.78 is 26.5. The second-order valence-electron chi connectivity index (χ2n) is 5.51. The first-order chi connectivity index (χ1) is 12.8. The number of thiophene rings is 1. The minimum absolute atomic E-state index is 0.252. The molecule has 0 saturated carbocycles. The van der Waals surface area contributed by atoms with Gasteiger partial charge in [-0.05, 0) is 47.8 Å². The SMILES string of the molecule is CN(c1ccc(C(=O)Nc2cccc(Cl)c2Cl)cc1)S(=O)(=O)c1cccs1. The first kappa shape index (κ1) is 19.7. The van der Waals surface area contributed by atoms with E-state index in [0.29, 0.717) is 22.0 Å². The van der Waals surface area contributed by atoms with Crippen LogP contribution in [0.2, 0.25) is 10.0 Å². The highest BCUT2D eigenvalue weighted by molar-refractivity contribution is 7.94. The fourth-order valence-electron chi connectivity index (χ4n) is 2.30. The number of nitrogens with zero attached hydrogens (tertiary/aromatic N) is 1. The minimum atomic E-state index is -3.62. The lowest BCUT2D eigenvalue weighted by Crippen LogP contribution is -2.25. The second kappa shape index (κ2) is 7.90. The molecular weight excluding hydrogens is 427 g/mol. The topological polar surface area (TPSA) is 66.5 Å². The Morgan fingerprint density at radius 3 is 2.37 bits per heavy atom. The van der Waals surface area contributed by atoms with Crippen molar-refractivity contribution in [3.63, 3.8) is 0 Å². The molecule has 27 heavy (non-hydrogen) atoms. The molecule has 1 heterocycles. The molecule has 1 N–H and O–H groups in total. The monoisotopic (exact) mass is 440 g/mol. The molecule has 0 aliphatic rings. The number of amides is 1. The van der Waals surface area contributed by atoms with Gasteiger partial charge in [0.25, 0.3) is 15.9 Å². The van der Waals surface area contributed by atoms with Crippen molar-refractivity contribution in [2.75, 3.05) is 16.7 Å². The molecule has 5 nitrogen and oxygen atoms in total. The smallest absolute Gasteiger partial charge is 0.273 e. The maximum Gasteiger partial charge on any atom is 0.273 e. The number of benzene rings is 2. The molecule has 0 bridgehead atoms. The van der Waals surface area contributed by atoms with Gasteiger partial charge in [-0.15, -0.1) is 11.3 Å². The molecule has 0 atom stereocenters. The van der Waals surface area contributed by atoms with Crippen molar-refractivity contribution < 1.29 is 13.2 Å². The highest BCUT2D eigenvalue weighted by atomic mass is 35.5. The number of nitrogens with one attached hydrogen (secondary N) is 1. The summed E-state index contributed by atoms with van der Waals surface area (Å²) in [6.45, 7) is 0. The van der Waals surface area contributed by atoms with Crippen LogP contribution in [0.1, 0.15) is 10.4 Å². The first-order valence-corrected chi connectivity index (χ1v) is 10.8. The standard InChI is InChI=1S/C18H14Cl2N2O3S2/c1-22(27(24,25)16-6-3-11-26-16)13-9-7-12(8-10-13)18(23)21-15-5-2-4-14(19)17(15)20/h2-11H,1H3,(H,21,23). The molecule has 3 rings (SSSR count). The van der Waals surface area contributed by atoms with Gasteiger partial charge in [0.2, 0.25) is 0 Å². The van der Waals surface area contributed by atoms with E-state index in [2.05, 4.69) is 5.32 Å². The van der Waals surface area contributed by atoms with E-state index < -0.39 is 10.0 Å². The van der Waals surface area contributed by atoms with Gasteiger partial charge < -0.3 is 5.32 Å². The van der Waals surface area contributed by atoms with Crippen LogP contribution in [-0.4, -0.2) is 21.4 Å². The summed E-state index contributed by atoms with van der Waals surface area (Å²) in [4.78, 5) is 12.4. The van der Waals surface area contributed by atoms with Gasteiger partial charge in [0.1, 0.15) is 4.21 Å². The minimum Gasteiger partial charge on any atom is -0.321 e. The molecule has 0 unspecified atom stereocenters. The summed E-state index contributed by atoms with van der Waals surface area (Å²) in [5, 5.41) is 4.98. The van der Waals surface area contributed by atoms with Crippen molar-refractivity contribution in [3.05, 3.63) is 75.6 Å². The highest BCUT2D eigenvalue weighted by Crippen LogP contribution is 2.30. The highest BCUT2D eigenvalue weighted by Gasteiger charge is 2.22. The van der Waals surface area contributed by atoms with Crippen molar-refractivity contribution in [1.82, 2.24) is 0 Å². The number of rotatable bonds is 5. The second-order valence-corrected chi connectivity index (χ2v) is 9.44. The van der Waals surface area contributed by atoms with E-state index >= 15 is 0 Å². The largest absolute Gasteiger partial charge is 0.321 e. The molecule has 2 aromatic carbocycles. The molecule has 0 radical (unpaired) electrons. The van der Waals surface area contributed by atoms with E-state index in [1.807, 2.05) is 0 Å². The summed E-state index contributed by atoms with van der Waals surface area (Å²) in [5.74, 6) is -0.380. The maximum absolute atomic E-state index is 12.6. The van der Waals surface area contributed by atoms with Gasteiger partial charge in [-0.1, -0.05) is 35.3 Å². The molecule has 9 heteroatoms. The summed E-state index contributed by atoms with van der Waals surface area (Å²) >= 11 is 13.2. The van der Waals surface area contributed by atoms with Crippen LogP contribution in [0, 0.1) is 0 Å². The van der Waals surface area contributed by atoms with E-state index in [9.17, 15) is 13.2 Å². The summed E-state index contributed by atoms with van der Waals surface area (Å²) in [6.07, 6.45) is 0. The molecule has 3 aromatic rings. The molecule has 0 spiro atoms. The average molecular weight is 441 g/mol. The average Bonchev–Trinajstić information content (AvgIpc) is 3.20. The van der Waals surface area contributed by atoms with Gasteiger partial charge >= 0.3 is 0 Å². The number of carbonyl (C=O) groups excluding carboxylic acids is 1. The third kappa shape index (κ3) is 4.11. The van der Waals surface area contributed by atoms with E-state index in [0.717, 1.165) is 11.3 Å². The number of anilines is 2. The van der Waals surface area contributed by atoms with Crippen LogP contribution >= 0.6 is 34.5 Å². The zero-order valence-corrected chi connectivity index (χ0v) is 17.2. The van der Waals surface area contributed by atoms with Gasteiger partial charge in [-0.2, -0.15) is 0 Å². The van der Waals surface area contributed by atoms with Crippen molar-refractivity contribution in [2.24, 2.45) is 0 Å². The van der Waals surface area contributed by atoms with Gasteiger partial charge in [0, 0.05) is 12.6 Å². The Kier molecular flexibility index (Phi) is 5.76. The molecule has 1 amide bonds. The van der Waals surface area contributed by atoms with Crippen LogP contribution in [0.5, 0.6) is 0 Å². The third-order valence-electron chi connectivity index (χ3n) is 3.80. The lowest BCUT2D eigenvalue weighted by molar-refractivity contribution is 0.102. The molecule has 0 aliphatic heterocycles. The van der Waals surface area contributed by atoms with Gasteiger partial charge in [0.15, 0.2) is 0 Å². The summed E-state index contributed by atoms with van der Waals surface area (Å²) in [6, 6.07) is 14.4. The Hall–Kier alpha value is -2.06. The zero-order chi connectivity index (χ0) is 19.6. The van der Waals surface area contributed by atoms with Gasteiger partial charge in [-0.3, -0.25) is 9.10 Å². The zero-order valence-electron chi connectivity index (χ0n) is 14.0. The maximum atomic E-state index is 12.6. The molecule has 0 fully saturated rings. The fraction of sp³-hybridized carbons (Fsp3) is 0.0556. The number of hydrogen-bond donors (Lipinski definition) is 1. The third-order valence-corrected chi connectivity index (χ3v) is 7.78. The molecule has 140 valence electrons. The van der Waals surface area contributed by atoms with Crippen LogP contribution in [0.4, 0.5) is 11.4 Å². The van der Waals surface area contributed by atoms with E-state index in [1.165, 1.54) is 11.4 Å². The summed E-state index contributed by atoms with van der Waals surface area (Å²) in [5.41, 5.74) is 1.20. The molecule has 0 aliphatic carbocycles. The normalized spacial score (nSPS) is 11.2. The molecule has 1 aromatic heterocycles. The van der Waals surface area contributed by atoms with Crippen LogP contribution in [0.15, 0.2) is 64.2 Å². The van der Waals surface area contributed by atoms with Crippen LogP contribution in [0.25, 0.3) is 0 Å². The number of carbonyl (C=O) groups is 1. The Morgan fingerprint density at radius 2 is 1.74 bits per heavy atom. The van der Waals surface area contributed by atoms with Crippen LogP contribution in [0.3, 0.4) is 0 Å². The van der Waals surface area contributed by atoms with Crippen molar-refractivity contribution in [1.29, 1.82) is 0 Å². The Balaban J connectivity index is 1.79. The summed E-state index contributed by atoms with van der Waals surface area (Å²) in [7, 11) is -2.15. The van der Waals surface area contributed by atoms with Crippen LogP contribution in [-0.2, 0) is 10.0 Å². The predicted octanol–water partition coefficient (Wildman–Crippen LogP) is 5.13. The number of sulfonamides is 1. The Bertz CT molecular complexity index is 1070. The van der Waals surface area contributed by atoms with Crippen molar-refractivity contribution in [2.45, 2.75) is 4.21 Å². The van der Waals surface area contributed by atoms with Crippen molar-refractivity contribution >= 4 is 61.8 Å². The number of hydrogen-bond acceptors (Lipinski definition) is 4. The Labute approximate surface area is 171 Å².